The van der Waals surface area contributed by atoms with Gasteiger partial charge in [0.2, 0.25) is 5.91 Å². The van der Waals surface area contributed by atoms with Gasteiger partial charge in [0, 0.05) is 38.6 Å². The molecule has 1 aliphatic rings. The number of anilines is 3. The number of ether oxygens (including phenoxy) is 2. The molecule has 1 amide bonds. The lowest BCUT2D eigenvalue weighted by molar-refractivity contribution is -0.128. The number of carbonyl (C=O) groups excluding carboxylic acids is 1. The van der Waals surface area contributed by atoms with Gasteiger partial charge in [-0.25, -0.2) is 9.97 Å². The third kappa shape index (κ3) is 6.20. The number of nitrogens with zero attached hydrogens (tertiary/aromatic N) is 4. The van der Waals surface area contributed by atoms with Crippen molar-refractivity contribution < 1.29 is 14.3 Å². The molecule has 10 nitrogen and oxygen atoms in total. The standard InChI is InChI=1S/C25H35N7O3/c1-5-34-11-12-35-21-8-7-19-13-20(21)26-15-22(33)32(4)10-6-9-31(3)16-18-14-27-24-23(18)25(30-19)29-17(2)28-24/h7-8,13-14,26H,5-6,9-12,15-16H2,1-4H3,(H2,27,28,29,30). The largest absolute Gasteiger partial charge is 0.489 e. The van der Waals surface area contributed by atoms with E-state index in [4.69, 9.17) is 14.5 Å². The predicted molar refractivity (Wildman–Crippen MR) is 137 cm³/mol. The van der Waals surface area contributed by atoms with E-state index in [1.807, 2.05) is 45.3 Å². The molecule has 0 spiro atoms. The van der Waals surface area contributed by atoms with Gasteiger partial charge in [0.1, 0.15) is 29.6 Å². The van der Waals surface area contributed by atoms with E-state index in [9.17, 15) is 4.79 Å². The molecule has 10 heteroatoms. The van der Waals surface area contributed by atoms with E-state index in [0.29, 0.717) is 37.9 Å². The van der Waals surface area contributed by atoms with Crippen molar-refractivity contribution in [1.29, 1.82) is 0 Å². The molecule has 0 radical (unpaired) electrons. The van der Waals surface area contributed by atoms with Crippen molar-refractivity contribution in [2.24, 2.45) is 0 Å². The highest BCUT2D eigenvalue weighted by Gasteiger charge is 2.17. The summed E-state index contributed by atoms with van der Waals surface area (Å²) in [5.41, 5.74) is 3.49. The lowest BCUT2D eigenvalue weighted by atomic mass is 10.2. The van der Waals surface area contributed by atoms with Crippen molar-refractivity contribution in [3.05, 3.63) is 35.8 Å². The number of benzene rings is 1. The molecule has 1 aliphatic heterocycles. The Balaban J connectivity index is 1.70. The summed E-state index contributed by atoms with van der Waals surface area (Å²) in [4.78, 5) is 29.4. The Morgan fingerprint density at radius 3 is 2.83 bits per heavy atom. The maximum atomic E-state index is 12.7. The predicted octanol–water partition coefficient (Wildman–Crippen LogP) is 3.13. The average Bonchev–Trinajstić information content (AvgIpc) is 3.22. The second-order valence-electron chi connectivity index (χ2n) is 8.80. The first-order valence-corrected chi connectivity index (χ1v) is 12.1. The summed E-state index contributed by atoms with van der Waals surface area (Å²) in [5.74, 6) is 2.12. The molecule has 3 heterocycles. The number of carbonyl (C=O) groups is 1. The Morgan fingerprint density at radius 1 is 1.14 bits per heavy atom. The maximum Gasteiger partial charge on any atom is 0.241 e. The van der Waals surface area contributed by atoms with E-state index in [0.717, 1.165) is 53.3 Å². The molecule has 0 fully saturated rings. The lowest BCUT2D eigenvalue weighted by Crippen LogP contribution is -2.34. The summed E-state index contributed by atoms with van der Waals surface area (Å²) in [6.07, 6.45) is 2.88. The van der Waals surface area contributed by atoms with Gasteiger partial charge in [0.25, 0.3) is 0 Å². The van der Waals surface area contributed by atoms with Crippen molar-refractivity contribution in [2.45, 2.75) is 26.8 Å². The number of aromatic amines is 1. The van der Waals surface area contributed by atoms with E-state index in [-0.39, 0.29) is 12.5 Å². The van der Waals surface area contributed by atoms with Gasteiger partial charge in [-0.3, -0.25) is 4.79 Å². The fourth-order valence-electron chi connectivity index (χ4n) is 4.17. The number of hydrogen-bond acceptors (Lipinski definition) is 8. The third-order valence-corrected chi connectivity index (χ3v) is 5.99. The normalized spacial score (nSPS) is 15.7. The number of rotatable bonds is 5. The van der Waals surface area contributed by atoms with Crippen LogP contribution in [0.15, 0.2) is 24.4 Å². The molecule has 0 saturated heterocycles. The summed E-state index contributed by atoms with van der Waals surface area (Å²) in [6, 6.07) is 5.78. The molecule has 0 saturated carbocycles. The fraction of sp³-hybridized carbons (Fsp3) is 0.480. The number of aryl methyl sites for hydroxylation is 1. The summed E-state index contributed by atoms with van der Waals surface area (Å²) < 4.78 is 11.3. The van der Waals surface area contributed by atoms with Crippen LogP contribution < -0.4 is 15.4 Å². The van der Waals surface area contributed by atoms with Crippen LogP contribution in [-0.2, 0) is 16.1 Å². The second-order valence-corrected chi connectivity index (χ2v) is 8.80. The van der Waals surface area contributed by atoms with Crippen molar-refractivity contribution >= 4 is 34.1 Å². The van der Waals surface area contributed by atoms with Crippen LogP contribution in [0.1, 0.15) is 24.7 Å². The number of fused-ring (bicyclic) bond motifs is 2. The van der Waals surface area contributed by atoms with E-state index in [2.05, 4.69) is 32.5 Å². The number of H-pyrrole nitrogens is 1. The Labute approximate surface area is 206 Å². The van der Waals surface area contributed by atoms with Gasteiger partial charge in [0.05, 0.1) is 24.2 Å². The Hall–Kier alpha value is -3.37. The lowest BCUT2D eigenvalue weighted by Gasteiger charge is -2.22. The highest BCUT2D eigenvalue weighted by atomic mass is 16.5. The van der Waals surface area contributed by atoms with Gasteiger partial charge in [-0.15, -0.1) is 0 Å². The minimum atomic E-state index is 0.0273. The topological polar surface area (TPSA) is 108 Å². The highest BCUT2D eigenvalue weighted by molar-refractivity contribution is 5.92. The Morgan fingerprint density at radius 2 is 2.00 bits per heavy atom. The SMILES string of the molecule is CCOCCOc1ccc2cc1NCC(=O)N(C)CCCN(C)Cc1c[nH]c3nc(C)nc(c13)N2. The first kappa shape index (κ1) is 24.7. The van der Waals surface area contributed by atoms with Crippen LogP contribution in [0, 0.1) is 6.92 Å². The molecular formula is C25H35N7O3. The molecule has 0 unspecified atom stereocenters. The highest BCUT2D eigenvalue weighted by Crippen LogP contribution is 2.32. The van der Waals surface area contributed by atoms with Gasteiger partial charge < -0.3 is 34.9 Å². The van der Waals surface area contributed by atoms with Gasteiger partial charge in [-0.05, 0) is 57.6 Å². The Kier molecular flexibility index (Phi) is 8.04. The zero-order valence-electron chi connectivity index (χ0n) is 21.0. The zero-order chi connectivity index (χ0) is 24.8. The number of amides is 1. The summed E-state index contributed by atoms with van der Waals surface area (Å²) in [7, 11) is 3.93. The number of nitrogens with one attached hydrogen (secondary N) is 3. The molecule has 0 atom stereocenters. The van der Waals surface area contributed by atoms with Crippen LogP contribution in [0.3, 0.4) is 0 Å². The van der Waals surface area contributed by atoms with Crippen LogP contribution in [-0.4, -0.2) is 84.2 Å². The van der Waals surface area contributed by atoms with E-state index in [1.54, 1.807) is 4.90 Å². The van der Waals surface area contributed by atoms with E-state index in [1.165, 1.54) is 0 Å². The third-order valence-electron chi connectivity index (χ3n) is 5.99. The monoisotopic (exact) mass is 481 g/mol. The van der Waals surface area contributed by atoms with Crippen LogP contribution in [0.2, 0.25) is 0 Å². The molecule has 3 N–H and O–H groups in total. The molecule has 2 bridgehead atoms. The van der Waals surface area contributed by atoms with Gasteiger partial charge >= 0.3 is 0 Å². The van der Waals surface area contributed by atoms with E-state index < -0.39 is 0 Å². The smallest absolute Gasteiger partial charge is 0.241 e. The zero-order valence-corrected chi connectivity index (χ0v) is 21.0. The van der Waals surface area contributed by atoms with Crippen LogP contribution >= 0.6 is 0 Å². The van der Waals surface area contributed by atoms with Gasteiger partial charge in [0.15, 0.2) is 0 Å². The number of likely N-dealkylation sites (N-methyl/N-ethyl adjacent to an activating group) is 1. The maximum absolute atomic E-state index is 12.7. The summed E-state index contributed by atoms with van der Waals surface area (Å²) >= 11 is 0. The van der Waals surface area contributed by atoms with Crippen LogP contribution in [0.5, 0.6) is 5.75 Å². The average molecular weight is 482 g/mol. The molecule has 2 aromatic heterocycles. The molecule has 3 aromatic rings. The van der Waals surface area contributed by atoms with Crippen molar-refractivity contribution in [3.63, 3.8) is 0 Å². The van der Waals surface area contributed by atoms with Crippen LogP contribution in [0.25, 0.3) is 11.0 Å². The summed E-state index contributed by atoms with van der Waals surface area (Å²) in [6.45, 7) is 7.88. The van der Waals surface area contributed by atoms with E-state index >= 15 is 0 Å². The molecule has 188 valence electrons. The second kappa shape index (κ2) is 11.4. The van der Waals surface area contributed by atoms with Crippen molar-refractivity contribution in [1.82, 2.24) is 24.8 Å². The van der Waals surface area contributed by atoms with Crippen molar-refractivity contribution in [3.8, 4) is 5.75 Å². The molecule has 1 aromatic carbocycles. The van der Waals surface area contributed by atoms with Crippen LogP contribution in [0.4, 0.5) is 17.2 Å². The molecule has 0 aliphatic carbocycles. The summed E-state index contributed by atoms with van der Waals surface area (Å²) in [5, 5.41) is 7.72. The Bertz CT molecular complexity index is 1160. The number of aromatic nitrogens is 3. The number of hydrogen-bond donors (Lipinski definition) is 3. The molecule has 4 rings (SSSR count). The molecular weight excluding hydrogens is 446 g/mol. The van der Waals surface area contributed by atoms with Gasteiger partial charge in [-0.1, -0.05) is 0 Å². The quantitative estimate of drug-likeness (QED) is 0.477. The fourth-order valence-corrected chi connectivity index (χ4v) is 4.17. The minimum Gasteiger partial charge on any atom is -0.489 e. The van der Waals surface area contributed by atoms with Gasteiger partial charge in [-0.2, -0.15) is 0 Å². The van der Waals surface area contributed by atoms with Crippen molar-refractivity contribution in [2.75, 3.05) is 64.2 Å². The first-order valence-electron chi connectivity index (χ1n) is 12.1. The molecule has 35 heavy (non-hydrogen) atoms. The first-order chi connectivity index (χ1) is 16.9. The minimum absolute atomic E-state index is 0.0273.